The molecule has 0 bridgehead atoms. The number of ether oxygens (including phenoxy) is 1. The van der Waals surface area contributed by atoms with Gasteiger partial charge in [-0.1, -0.05) is 6.07 Å². The van der Waals surface area contributed by atoms with Crippen LogP contribution in [0.5, 0.6) is 0 Å². The molecule has 1 heterocycles. The zero-order chi connectivity index (χ0) is 14.0. The van der Waals surface area contributed by atoms with Crippen molar-refractivity contribution >= 4 is 26.0 Å². The zero-order valence-corrected chi connectivity index (χ0v) is 12.9. The third-order valence-corrected chi connectivity index (χ3v) is 5.99. The molecule has 1 unspecified atom stereocenters. The summed E-state index contributed by atoms with van der Waals surface area (Å²) in [5, 5.41) is 9.29. The van der Waals surface area contributed by atoms with Crippen molar-refractivity contribution in [2.24, 2.45) is 0 Å². The van der Waals surface area contributed by atoms with E-state index in [4.69, 9.17) is 4.74 Å². The highest BCUT2D eigenvalue weighted by Crippen LogP contribution is 2.28. The lowest BCUT2D eigenvalue weighted by atomic mass is 10.2. The minimum atomic E-state index is -3.62. The van der Waals surface area contributed by atoms with Crippen LogP contribution in [0.1, 0.15) is 5.56 Å². The van der Waals surface area contributed by atoms with E-state index in [2.05, 4.69) is 15.9 Å². The molecule has 1 aliphatic heterocycles. The molecule has 0 saturated carbocycles. The number of aliphatic hydroxyl groups is 1. The monoisotopic (exact) mass is 349 g/mol. The second-order valence-corrected chi connectivity index (χ2v) is 7.17. The molecule has 2 rings (SSSR count). The topological polar surface area (TPSA) is 66.8 Å². The van der Waals surface area contributed by atoms with Gasteiger partial charge in [-0.15, -0.1) is 0 Å². The lowest BCUT2D eigenvalue weighted by molar-refractivity contribution is 0.0109. The number of hydrogen-bond acceptors (Lipinski definition) is 4. The minimum Gasteiger partial charge on any atom is -0.395 e. The number of aryl methyl sites for hydroxylation is 1. The van der Waals surface area contributed by atoms with E-state index in [-0.39, 0.29) is 24.7 Å². The molecule has 1 N–H and O–H groups in total. The van der Waals surface area contributed by atoms with Gasteiger partial charge in [0.25, 0.3) is 0 Å². The normalized spacial score (nSPS) is 21.5. The number of benzene rings is 1. The van der Waals surface area contributed by atoms with Crippen molar-refractivity contribution in [3.8, 4) is 0 Å². The van der Waals surface area contributed by atoms with Gasteiger partial charge in [0.2, 0.25) is 10.0 Å². The smallest absolute Gasteiger partial charge is 0.244 e. The van der Waals surface area contributed by atoms with Gasteiger partial charge >= 0.3 is 0 Å². The lowest BCUT2D eigenvalue weighted by Gasteiger charge is -2.33. The predicted octanol–water partition coefficient (Wildman–Crippen LogP) is 1.14. The molecule has 0 aliphatic carbocycles. The molecule has 5 nitrogen and oxygen atoms in total. The molecule has 1 aromatic rings. The first kappa shape index (κ1) is 14.9. The lowest BCUT2D eigenvalue weighted by Crippen LogP contribution is -2.50. The Bertz CT molecular complexity index is 561. The van der Waals surface area contributed by atoms with Crippen molar-refractivity contribution in [3.63, 3.8) is 0 Å². The van der Waals surface area contributed by atoms with Gasteiger partial charge < -0.3 is 9.84 Å². The molecule has 0 amide bonds. The zero-order valence-electron chi connectivity index (χ0n) is 10.5. The van der Waals surface area contributed by atoms with E-state index >= 15 is 0 Å². The first-order valence-corrected chi connectivity index (χ1v) is 8.16. The maximum atomic E-state index is 12.6. The number of hydrogen-bond donors (Lipinski definition) is 1. The molecule has 106 valence electrons. The largest absolute Gasteiger partial charge is 0.395 e. The van der Waals surface area contributed by atoms with E-state index in [9.17, 15) is 13.5 Å². The van der Waals surface area contributed by atoms with Crippen LogP contribution in [0.4, 0.5) is 0 Å². The Labute approximate surface area is 121 Å². The number of sulfonamides is 1. The van der Waals surface area contributed by atoms with Gasteiger partial charge in [-0.3, -0.25) is 0 Å². The van der Waals surface area contributed by atoms with E-state index in [1.807, 2.05) is 6.92 Å². The van der Waals surface area contributed by atoms with Gasteiger partial charge in [0.15, 0.2) is 0 Å². The summed E-state index contributed by atoms with van der Waals surface area (Å²) in [5.74, 6) is 0. The average Bonchev–Trinajstić information content (AvgIpc) is 2.38. The molecule has 1 aliphatic rings. The summed E-state index contributed by atoms with van der Waals surface area (Å²) in [6.45, 7) is 2.47. The Kier molecular flexibility index (Phi) is 4.62. The van der Waals surface area contributed by atoms with Crippen LogP contribution >= 0.6 is 15.9 Å². The van der Waals surface area contributed by atoms with Crippen LogP contribution in [0.25, 0.3) is 0 Å². The van der Waals surface area contributed by atoms with Gasteiger partial charge in [-0.2, -0.15) is 4.31 Å². The van der Waals surface area contributed by atoms with Crippen molar-refractivity contribution in [3.05, 3.63) is 28.2 Å². The second kappa shape index (κ2) is 5.88. The van der Waals surface area contributed by atoms with Crippen LogP contribution in [0.15, 0.2) is 27.6 Å². The number of rotatable bonds is 3. The molecule has 7 heteroatoms. The third kappa shape index (κ3) is 3.00. The fourth-order valence-electron chi connectivity index (χ4n) is 2.04. The Morgan fingerprint density at radius 2 is 2.26 bits per heavy atom. The van der Waals surface area contributed by atoms with Gasteiger partial charge in [0.05, 0.1) is 30.8 Å². The van der Waals surface area contributed by atoms with Gasteiger partial charge in [0.1, 0.15) is 0 Å². The predicted molar refractivity (Wildman–Crippen MR) is 74.5 cm³/mol. The highest BCUT2D eigenvalue weighted by molar-refractivity contribution is 9.10. The van der Waals surface area contributed by atoms with Crippen LogP contribution in [0.3, 0.4) is 0 Å². The third-order valence-electron chi connectivity index (χ3n) is 3.06. The highest BCUT2D eigenvalue weighted by atomic mass is 79.9. The standard InChI is InChI=1S/C12H16BrNO4S/c1-9-2-3-12(11(13)6-9)19(16,17)14-4-5-18-8-10(14)7-15/h2-3,6,10,15H,4-5,7-8H2,1H3. The van der Waals surface area contributed by atoms with E-state index in [1.165, 1.54) is 4.31 Å². The highest BCUT2D eigenvalue weighted by Gasteiger charge is 2.34. The minimum absolute atomic E-state index is 0.221. The Morgan fingerprint density at radius 3 is 2.89 bits per heavy atom. The molecule has 19 heavy (non-hydrogen) atoms. The van der Waals surface area contributed by atoms with Crippen molar-refractivity contribution in [2.75, 3.05) is 26.4 Å². The SMILES string of the molecule is Cc1ccc(S(=O)(=O)N2CCOCC2CO)c(Br)c1. The Balaban J connectivity index is 2.40. The molecule has 0 radical (unpaired) electrons. The van der Waals surface area contributed by atoms with Crippen molar-refractivity contribution in [2.45, 2.75) is 17.9 Å². The first-order valence-electron chi connectivity index (χ1n) is 5.93. The summed E-state index contributed by atoms with van der Waals surface area (Å²) in [5.41, 5.74) is 0.978. The molecular weight excluding hydrogens is 334 g/mol. The molecule has 1 atom stereocenters. The summed E-state index contributed by atoms with van der Waals surface area (Å²) < 4.78 is 32.3. The second-order valence-electron chi connectivity index (χ2n) is 4.46. The van der Waals surface area contributed by atoms with Crippen LogP contribution < -0.4 is 0 Å². The summed E-state index contributed by atoms with van der Waals surface area (Å²) in [7, 11) is -3.62. The molecule has 0 spiro atoms. The Hall–Kier alpha value is -0.470. The fourth-order valence-corrected chi connectivity index (χ4v) is 4.78. The van der Waals surface area contributed by atoms with Crippen LogP contribution in [-0.4, -0.2) is 50.2 Å². The van der Waals surface area contributed by atoms with E-state index < -0.39 is 16.1 Å². The van der Waals surface area contributed by atoms with Crippen LogP contribution in [0, 0.1) is 6.92 Å². The Morgan fingerprint density at radius 1 is 1.53 bits per heavy atom. The number of halogens is 1. The summed E-state index contributed by atoms with van der Waals surface area (Å²) >= 11 is 3.29. The number of nitrogens with zero attached hydrogens (tertiary/aromatic N) is 1. The van der Waals surface area contributed by atoms with Crippen LogP contribution in [0.2, 0.25) is 0 Å². The molecular formula is C12H16BrNO4S. The molecule has 1 saturated heterocycles. The fraction of sp³-hybridized carbons (Fsp3) is 0.500. The van der Waals surface area contributed by atoms with E-state index in [0.717, 1.165) is 5.56 Å². The maximum Gasteiger partial charge on any atom is 0.244 e. The van der Waals surface area contributed by atoms with Crippen molar-refractivity contribution < 1.29 is 18.3 Å². The summed E-state index contributed by atoms with van der Waals surface area (Å²) in [6.07, 6.45) is 0. The van der Waals surface area contributed by atoms with E-state index in [1.54, 1.807) is 18.2 Å². The number of morpholine rings is 1. The average molecular weight is 350 g/mol. The number of aliphatic hydroxyl groups excluding tert-OH is 1. The van der Waals surface area contributed by atoms with Gasteiger partial charge in [-0.05, 0) is 40.5 Å². The van der Waals surface area contributed by atoms with Crippen molar-refractivity contribution in [1.29, 1.82) is 0 Å². The van der Waals surface area contributed by atoms with Gasteiger partial charge in [-0.25, -0.2) is 8.42 Å². The van der Waals surface area contributed by atoms with Crippen molar-refractivity contribution in [1.82, 2.24) is 4.31 Å². The molecule has 1 aromatic carbocycles. The summed E-state index contributed by atoms with van der Waals surface area (Å²) in [4.78, 5) is 0.221. The maximum absolute atomic E-state index is 12.6. The van der Waals surface area contributed by atoms with Crippen LogP contribution in [-0.2, 0) is 14.8 Å². The quantitative estimate of drug-likeness (QED) is 0.888. The molecule has 1 fully saturated rings. The van der Waals surface area contributed by atoms with Gasteiger partial charge in [0, 0.05) is 11.0 Å². The molecule has 0 aromatic heterocycles. The summed E-state index contributed by atoms with van der Waals surface area (Å²) in [6, 6.07) is 4.58. The van der Waals surface area contributed by atoms with E-state index in [0.29, 0.717) is 11.1 Å². The first-order chi connectivity index (χ1) is 8.96.